The van der Waals surface area contributed by atoms with Crippen molar-refractivity contribution in [2.24, 2.45) is 7.05 Å². The van der Waals surface area contributed by atoms with Crippen molar-refractivity contribution in [3.8, 4) is 11.5 Å². The van der Waals surface area contributed by atoms with Crippen LogP contribution in [0, 0.1) is 15.9 Å². The number of imidazole rings is 1. The average molecular weight is 276 g/mol. The summed E-state index contributed by atoms with van der Waals surface area (Å²) in [4.78, 5) is 17.4. The van der Waals surface area contributed by atoms with Gasteiger partial charge in [0, 0.05) is 13.1 Å². The smallest absolute Gasteiger partial charge is 0.318 e. The predicted octanol–water partition coefficient (Wildman–Crippen LogP) is 1.59. The van der Waals surface area contributed by atoms with Crippen molar-refractivity contribution >= 4 is 22.4 Å². The summed E-state index contributed by atoms with van der Waals surface area (Å²) in [7, 11) is 1.57. The van der Waals surface area contributed by atoms with E-state index in [2.05, 4.69) is 15.1 Å². The van der Waals surface area contributed by atoms with Crippen molar-refractivity contribution in [3.05, 3.63) is 34.3 Å². The lowest BCUT2D eigenvalue weighted by molar-refractivity contribution is -0.384. The van der Waals surface area contributed by atoms with Gasteiger partial charge in [0.15, 0.2) is 5.82 Å². The van der Waals surface area contributed by atoms with Crippen molar-refractivity contribution in [3.63, 3.8) is 0 Å². The van der Waals surface area contributed by atoms with Crippen LogP contribution in [0.4, 0.5) is 15.8 Å². The van der Waals surface area contributed by atoms with Gasteiger partial charge in [0.05, 0.1) is 21.6 Å². The number of halogens is 1. The van der Waals surface area contributed by atoms with E-state index in [0.29, 0.717) is 11.0 Å². The third kappa shape index (κ3) is 1.76. The van der Waals surface area contributed by atoms with E-state index in [-0.39, 0.29) is 22.9 Å². The molecule has 0 aliphatic rings. The predicted molar refractivity (Wildman–Crippen MR) is 69.3 cm³/mol. The monoisotopic (exact) mass is 276 g/mol. The Morgan fingerprint density at radius 1 is 1.50 bits per heavy atom. The number of nitrogens with one attached hydrogen (secondary N) is 1. The Hall–Kier alpha value is -2.97. The molecule has 0 amide bonds. The molecule has 0 saturated carbocycles. The third-order valence-electron chi connectivity index (χ3n) is 2.83. The van der Waals surface area contributed by atoms with Gasteiger partial charge >= 0.3 is 5.69 Å². The minimum absolute atomic E-state index is 0.0360. The van der Waals surface area contributed by atoms with Gasteiger partial charge in [-0.2, -0.15) is 5.10 Å². The molecule has 0 spiro atoms. The molecule has 0 bridgehead atoms. The third-order valence-corrected chi connectivity index (χ3v) is 2.83. The van der Waals surface area contributed by atoms with Gasteiger partial charge in [-0.3, -0.25) is 14.8 Å². The average Bonchev–Trinajstić information content (AvgIpc) is 2.93. The zero-order valence-corrected chi connectivity index (χ0v) is 10.3. The topological polar surface area (TPSA) is 116 Å². The first-order chi connectivity index (χ1) is 9.45. The Bertz CT molecular complexity index is 798. The molecule has 2 heterocycles. The Kier molecular flexibility index (Phi) is 2.43. The fraction of sp³-hybridized carbons (Fsp3) is 0.0909. The van der Waals surface area contributed by atoms with E-state index in [4.69, 9.17) is 5.73 Å². The van der Waals surface area contributed by atoms with Gasteiger partial charge in [0.25, 0.3) is 0 Å². The summed E-state index contributed by atoms with van der Waals surface area (Å²) in [5, 5.41) is 15.0. The Morgan fingerprint density at radius 3 is 2.95 bits per heavy atom. The molecule has 0 aliphatic carbocycles. The molecule has 0 unspecified atom stereocenters. The molecular formula is C11H9FN6O2. The lowest BCUT2D eigenvalue weighted by Crippen LogP contribution is -1.90. The van der Waals surface area contributed by atoms with E-state index in [1.54, 1.807) is 7.05 Å². The molecule has 3 rings (SSSR count). The first-order valence-corrected chi connectivity index (χ1v) is 5.59. The Balaban J connectivity index is 2.22. The van der Waals surface area contributed by atoms with Gasteiger partial charge in [0.2, 0.25) is 5.69 Å². The molecule has 0 radical (unpaired) electrons. The highest BCUT2D eigenvalue weighted by atomic mass is 19.1. The molecular weight excluding hydrogens is 267 g/mol. The molecule has 102 valence electrons. The van der Waals surface area contributed by atoms with Gasteiger partial charge in [-0.05, 0) is 6.07 Å². The summed E-state index contributed by atoms with van der Waals surface area (Å²) in [6, 6.07) is 2.55. The Morgan fingerprint density at radius 2 is 2.25 bits per heavy atom. The van der Waals surface area contributed by atoms with Crippen molar-refractivity contribution in [2.75, 3.05) is 5.73 Å². The maximum atomic E-state index is 13.4. The molecule has 9 heteroatoms. The fourth-order valence-electron chi connectivity index (χ4n) is 1.94. The number of nitro groups is 1. The number of aryl methyl sites for hydroxylation is 1. The van der Waals surface area contributed by atoms with E-state index in [0.717, 1.165) is 0 Å². The van der Waals surface area contributed by atoms with Crippen molar-refractivity contribution in [2.45, 2.75) is 0 Å². The van der Waals surface area contributed by atoms with E-state index in [1.165, 1.54) is 23.0 Å². The SMILES string of the molecule is Cn1cc([N+](=O)[O-])c(-c2nc3cc(N)c(F)cc3[nH]2)n1. The summed E-state index contributed by atoms with van der Waals surface area (Å²) in [5.74, 6) is -0.388. The van der Waals surface area contributed by atoms with Crippen molar-refractivity contribution < 1.29 is 9.31 Å². The number of hydrogen-bond acceptors (Lipinski definition) is 5. The van der Waals surface area contributed by atoms with E-state index >= 15 is 0 Å². The molecule has 2 aromatic heterocycles. The van der Waals surface area contributed by atoms with Gasteiger partial charge in [-0.15, -0.1) is 0 Å². The highest BCUT2D eigenvalue weighted by molar-refractivity contribution is 5.83. The zero-order chi connectivity index (χ0) is 14.4. The summed E-state index contributed by atoms with van der Waals surface area (Å²) >= 11 is 0. The van der Waals surface area contributed by atoms with E-state index in [9.17, 15) is 14.5 Å². The van der Waals surface area contributed by atoms with Gasteiger partial charge in [-0.1, -0.05) is 0 Å². The lowest BCUT2D eigenvalue weighted by Gasteiger charge is -1.93. The molecule has 0 saturated heterocycles. The van der Waals surface area contributed by atoms with Crippen LogP contribution < -0.4 is 5.73 Å². The molecule has 0 aliphatic heterocycles. The fourth-order valence-corrected chi connectivity index (χ4v) is 1.94. The molecule has 1 aromatic carbocycles. The van der Waals surface area contributed by atoms with Crippen LogP contribution >= 0.6 is 0 Å². The van der Waals surface area contributed by atoms with Crippen LogP contribution in [-0.4, -0.2) is 24.7 Å². The molecule has 20 heavy (non-hydrogen) atoms. The molecule has 8 nitrogen and oxygen atoms in total. The first kappa shape index (κ1) is 12.1. The number of H-pyrrole nitrogens is 1. The zero-order valence-electron chi connectivity index (χ0n) is 10.3. The number of nitrogen functional groups attached to an aromatic ring is 1. The maximum absolute atomic E-state index is 13.4. The standard InChI is InChI=1S/C11H9FN6O2/c1-17-4-9(18(19)20)10(16-17)11-14-7-2-5(12)6(13)3-8(7)15-11/h2-4H,13H2,1H3,(H,14,15). The highest BCUT2D eigenvalue weighted by Gasteiger charge is 2.23. The van der Waals surface area contributed by atoms with Crippen LogP contribution in [0.2, 0.25) is 0 Å². The minimum atomic E-state index is -0.580. The summed E-state index contributed by atoms with van der Waals surface area (Å²) in [5.41, 5.74) is 6.14. The molecule has 3 aromatic rings. The van der Waals surface area contributed by atoms with Crippen LogP contribution in [0.25, 0.3) is 22.6 Å². The number of nitrogens with zero attached hydrogens (tertiary/aromatic N) is 4. The second kappa shape index (κ2) is 4.02. The first-order valence-electron chi connectivity index (χ1n) is 5.59. The number of fused-ring (bicyclic) bond motifs is 1. The largest absolute Gasteiger partial charge is 0.396 e. The summed E-state index contributed by atoms with van der Waals surface area (Å²) in [6.45, 7) is 0. The second-order valence-electron chi connectivity index (χ2n) is 4.27. The van der Waals surface area contributed by atoms with Crippen LogP contribution in [0.3, 0.4) is 0 Å². The molecule has 3 N–H and O–H groups in total. The Labute approximate surface area is 111 Å². The number of aromatic nitrogens is 4. The normalized spacial score (nSPS) is 11.1. The van der Waals surface area contributed by atoms with Crippen molar-refractivity contribution in [1.29, 1.82) is 0 Å². The second-order valence-corrected chi connectivity index (χ2v) is 4.27. The maximum Gasteiger partial charge on any atom is 0.318 e. The van der Waals surface area contributed by atoms with Gasteiger partial charge < -0.3 is 10.7 Å². The van der Waals surface area contributed by atoms with E-state index < -0.39 is 10.7 Å². The number of benzene rings is 1. The van der Waals surface area contributed by atoms with Crippen LogP contribution in [0.5, 0.6) is 0 Å². The van der Waals surface area contributed by atoms with Gasteiger partial charge in [-0.25, -0.2) is 9.37 Å². The number of anilines is 1. The number of rotatable bonds is 2. The molecule has 0 atom stereocenters. The summed E-state index contributed by atoms with van der Waals surface area (Å²) < 4.78 is 14.7. The number of aromatic amines is 1. The lowest BCUT2D eigenvalue weighted by atomic mass is 10.3. The number of nitrogens with two attached hydrogens (primary N) is 1. The van der Waals surface area contributed by atoms with E-state index in [1.807, 2.05) is 0 Å². The molecule has 0 fully saturated rings. The van der Waals surface area contributed by atoms with Crippen LogP contribution in [0.1, 0.15) is 0 Å². The minimum Gasteiger partial charge on any atom is -0.396 e. The number of hydrogen-bond donors (Lipinski definition) is 2. The van der Waals surface area contributed by atoms with Crippen LogP contribution in [-0.2, 0) is 7.05 Å². The van der Waals surface area contributed by atoms with Crippen LogP contribution in [0.15, 0.2) is 18.3 Å². The summed E-state index contributed by atoms with van der Waals surface area (Å²) in [6.07, 6.45) is 1.28. The van der Waals surface area contributed by atoms with Gasteiger partial charge in [0.1, 0.15) is 12.0 Å². The highest BCUT2D eigenvalue weighted by Crippen LogP contribution is 2.28. The quantitative estimate of drug-likeness (QED) is 0.419. The van der Waals surface area contributed by atoms with Crippen molar-refractivity contribution in [1.82, 2.24) is 19.7 Å².